The van der Waals surface area contributed by atoms with Crippen LogP contribution in [0.25, 0.3) is 0 Å². The van der Waals surface area contributed by atoms with E-state index >= 15 is 0 Å². The van der Waals surface area contributed by atoms with E-state index in [4.69, 9.17) is 0 Å². The second-order valence-corrected chi connectivity index (χ2v) is 7.20. The molecule has 126 valence electrons. The summed E-state index contributed by atoms with van der Waals surface area (Å²) in [5.41, 5.74) is 0.968. The predicted molar refractivity (Wildman–Crippen MR) is 99.1 cm³/mol. The monoisotopic (exact) mass is 388 g/mol. The molecule has 0 spiro atoms. The fourth-order valence-corrected chi connectivity index (χ4v) is 3.07. The van der Waals surface area contributed by atoms with E-state index in [2.05, 4.69) is 43.0 Å². The van der Waals surface area contributed by atoms with E-state index in [9.17, 15) is 4.79 Å². The van der Waals surface area contributed by atoms with Crippen molar-refractivity contribution in [2.75, 3.05) is 23.3 Å². The van der Waals surface area contributed by atoms with Gasteiger partial charge in [-0.1, -0.05) is 35.0 Å². The number of nitrogens with zero attached hydrogens (tertiary/aromatic N) is 3. The van der Waals surface area contributed by atoms with Crippen molar-refractivity contribution >= 4 is 33.5 Å². The van der Waals surface area contributed by atoms with Gasteiger partial charge in [-0.05, 0) is 36.5 Å². The minimum Gasteiger partial charge on any atom is -0.356 e. The zero-order valence-electron chi connectivity index (χ0n) is 13.7. The van der Waals surface area contributed by atoms with Crippen LogP contribution in [0.1, 0.15) is 25.3 Å². The van der Waals surface area contributed by atoms with E-state index in [0.717, 1.165) is 34.9 Å². The minimum atomic E-state index is -0.0748. The molecule has 0 radical (unpaired) electrons. The van der Waals surface area contributed by atoms with Crippen molar-refractivity contribution in [2.45, 2.75) is 26.2 Å². The van der Waals surface area contributed by atoms with Crippen molar-refractivity contribution < 1.29 is 4.79 Å². The summed E-state index contributed by atoms with van der Waals surface area (Å²) >= 11 is 3.39. The van der Waals surface area contributed by atoms with Gasteiger partial charge in [0.1, 0.15) is 18.0 Å². The van der Waals surface area contributed by atoms with Crippen LogP contribution >= 0.6 is 15.9 Å². The zero-order valence-corrected chi connectivity index (χ0v) is 15.3. The summed E-state index contributed by atoms with van der Waals surface area (Å²) in [5.74, 6) is 2.14. The van der Waals surface area contributed by atoms with Crippen molar-refractivity contribution in [2.24, 2.45) is 5.92 Å². The first kappa shape index (κ1) is 16.9. The van der Waals surface area contributed by atoms with Gasteiger partial charge in [0, 0.05) is 23.6 Å². The number of carbonyl (C=O) groups excluding carboxylic acids is 1. The first-order valence-electron chi connectivity index (χ1n) is 8.21. The Morgan fingerprint density at radius 2 is 1.96 bits per heavy atom. The molecule has 2 heterocycles. The smallest absolute Gasteiger partial charge is 0.229 e. The third-order valence-corrected chi connectivity index (χ3v) is 4.83. The van der Waals surface area contributed by atoms with Crippen LogP contribution in [0.2, 0.25) is 0 Å². The Morgan fingerprint density at radius 3 is 2.67 bits per heavy atom. The number of nitrogens with one attached hydrogen (secondary N) is 1. The molecule has 1 aliphatic heterocycles. The third-order valence-electron chi connectivity index (χ3n) is 4.31. The average molecular weight is 389 g/mol. The summed E-state index contributed by atoms with van der Waals surface area (Å²) in [4.78, 5) is 23.0. The molecule has 0 bridgehead atoms. The van der Waals surface area contributed by atoms with Crippen molar-refractivity contribution in [1.29, 1.82) is 0 Å². The number of carbonyl (C=O) groups is 1. The van der Waals surface area contributed by atoms with Gasteiger partial charge in [0.25, 0.3) is 0 Å². The summed E-state index contributed by atoms with van der Waals surface area (Å²) in [7, 11) is 0. The van der Waals surface area contributed by atoms with E-state index in [1.807, 2.05) is 30.3 Å². The molecular weight excluding hydrogens is 368 g/mol. The number of halogens is 1. The molecule has 5 nitrogen and oxygen atoms in total. The zero-order chi connectivity index (χ0) is 16.9. The first-order chi connectivity index (χ1) is 11.6. The average Bonchev–Trinajstić information content (AvgIpc) is 2.58. The fourth-order valence-electron chi connectivity index (χ4n) is 2.80. The number of rotatable bonds is 4. The van der Waals surface area contributed by atoms with Gasteiger partial charge >= 0.3 is 0 Å². The number of aromatic nitrogens is 2. The summed E-state index contributed by atoms with van der Waals surface area (Å²) in [6.45, 7) is 4.29. The Balaban J connectivity index is 1.61. The number of hydrogen-bond acceptors (Lipinski definition) is 4. The van der Waals surface area contributed by atoms with Crippen LogP contribution in [0, 0.1) is 5.92 Å². The molecule has 6 heteroatoms. The van der Waals surface area contributed by atoms with Crippen LogP contribution < -0.4 is 10.2 Å². The maximum Gasteiger partial charge on any atom is 0.229 e. The van der Waals surface area contributed by atoms with Crippen LogP contribution in [-0.4, -0.2) is 29.0 Å². The van der Waals surface area contributed by atoms with E-state index in [-0.39, 0.29) is 5.91 Å². The molecule has 1 amide bonds. The molecule has 1 fully saturated rings. The lowest BCUT2D eigenvalue weighted by atomic mass is 9.99. The molecule has 0 unspecified atom stereocenters. The second kappa shape index (κ2) is 7.75. The van der Waals surface area contributed by atoms with Gasteiger partial charge < -0.3 is 10.2 Å². The van der Waals surface area contributed by atoms with Gasteiger partial charge in [-0.3, -0.25) is 4.79 Å². The van der Waals surface area contributed by atoms with E-state index < -0.39 is 0 Å². The van der Waals surface area contributed by atoms with Crippen LogP contribution in [0.3, 0.4) is 0 Å². The molecule has 24 heavy (non-hydrogen) atoms. The van der Waals surface area contributed by atoms with Gasteiger partial charge in [-0.25, -0.2) is 9.97 Å². The number of anilines is 2. The predicted octanol–water partition coefficient (Wildman–Crippen LogP) is 3.66. The quantitative estimate of drug-likeness (QED) is 0.867. The normalized spacial score (nSPS) is 15.3. The van der Waals surface area contributed by atoms with Crippen molar-refractivity contribution in [1.82, 2.24) is 9.97 Å². The van der Waals surface area contributed by atoms with Crippen molar-refractivity contribution in [3.63, 3.8) is 0 Å². The van der Waals surface area contributed by atoms with Gasteiger partial charge in [0.05, 0.1) is 6.42 Å². The van der Waals surface area contributed by atoms with Crippen LogP contribution in [0.15, 0.2) is 41.1 Å². The molecule has 1 aromatic carbocycles. The highest BCUT2D eigenvalue weighted by atomic mass is 79.9. The number of benzene rings is 1. The highest BCUT2D eigenvalue weighted by Gasteiger charge is 2.17. The van der Waals surface area contributed by atoms with E-state index in [0.29, 0.717) is 12.2 Å². The highest BCUT2D eigenvalue weighted by molar-refractivity contribution is 9.10. The Labute approximate surface area is 150 Å². The summed E-state index contributed by atoms with van der Waals surface area (Å²) in [6.07, 6.45) is 4.20. The topological polar surface area (TPSA) is 58.1 Å². The Hall–Kier alpha value is -1.95. The van der Waals surface area contributed by atoms with Crippen LogP contribution in [0.4, 0.5) is 11.6 Å². The molecule has 1 saturated heterocycles. The molecule has 2 aromatic rings. The Kier molecular flexibility index (Phi) is 5.45. The second-order valence-electron chi connectivity index (χ2n) is 6.28. The molecule has 1 aliphatic rings. The maximum atomic E-state index is 12.2. The van der Waals surface area contributed by atoms with Crippen LogP contribution in [0.5, 0.6) is 0 Å². The van der Waals surface area contributed by atoms with Crippen molar-refractivity contribution in [3.8, 4) is 0 Å². The molecule has 0 saturated carbocycles. The highest BCUT2D eigenvalue weighted by Crippen LogP contribution is 2.22. The van der Waals surface area contributed by atoms with Gasteiger partial charge in [-0.15, -0.1) is 0 Å². The molecular formula is C18H21BrN4O. The van der Waals surface area contributed by atoms with Crippen molar-refractivity contribution in [3.05, 3.63) is 46.7 Å². The van der Waals surface area contributed by atoms with E-state index in [1.54, 1.807) is 0 Å². The standard InChI is InChI=1S/C18H21BrN4O/c1-13-6-8-23(9-7-13)17-11-16(20-12-21-17)22-18(24)10-14-2-4-15(19)5-3-14/h2-5,11-13H,6-10H2,1H3,(H,20,21,22,24). The fraction of sp³-hybridized carbons (Fsp3) is 0.389. The van der Waals surface area contributed by atoms with Gasteiger partial charge in [0.15, 0.2) is 0 Å². The third kappa shape index (κ3) is 4.54. The molecule has 1 N–H and O–H groups in total. The van der Waals surface area contributed by atoms with Gasteiger partial charge in [-0.2, -0.15) is 0 Å². The summed E-state index contributed by atoms with van der Waals surface area (Å²) < 4.78 is 1.00. The summed E-state index contributed by atoms with van der Waals surface area (Å²) in [5, 5.41) is 2.86. The first-order valence-corrected chi connectivity index (χ1v) is 9.01. The Morgan fingerprint density at radius 1 is 1.25 bits per heavy atom. The van der Waals surface area contributed by atoms with E-state index in [1.165, 1.54) is 19.2 Å². The maximum absolute atomic E-state index is 12.2. The molecule has 1 aromatic heterocycles. The molecule has 0 aliphatic carbocycles. The summed E-state index contributed by atoms with van der Waals surface area (Å²) in [6, 6.07) is 9.59. The lowest BCUT2D eigenvalue weighted by molar-refractivity contribution is -0.115. The van der Waals surface area contributed by atoms with Gasteiger partial charge in [0.2, 0.25) is 5.91 Å². The molecule has 0 atom stereocenters. The minimum absolute atomic E-state index is 0.0748. The number of amides is 1. The largest absolute Gasteiger partial charge is 0.356 e. The lowest BCUT2D eigenvalue weighted by Gasteiger charge is -2.31. The van der Waals surface area contributed by atoms with Crippen LogP contribution in [-0.2, 0) is 11.2 Å². The SMILES string of the molecule is CC1CCN(c2cc(NC(=O)Cc3ccc(Br)cc3)ncn2)CC1. The number of hydrogen-bond donors (Lipinski definition) is 1. The Bertz CT molecular complexity index is 696. The number of piperidine rings is 1. The molecule has 3 rings (SSSR count). The lowest BCUT2D eigenvalue weighted by Crippen LogP contribution is -2.33.